The van der Waals surface area contributed by atoms with E-state index in [4.69, 9.17) is 0 Å². The topological polar surface area (TPSA) is 17.1 Å². The molecule has 2 aliphatic carbocycles. The number of rotatable bonds is 1. The van der Waals surface area contributed by atoms with Crippen LogP contribution in [-0.2, 0) is 4.79 Å². The van der Waals surface area contributed by atoms with Crippen molar-refractivity contribution in [3.05, 3.63) is 12.2 Å². The van der Waals surface area contributed by atoms with Crippen LogP contribution in [0, 0.1) is 17.3 Å². The summed E-state index contributed by atoms with van der Waals surface area (Å²) in [5.41, 5.74) is -0.0145. The molecule has 2 rings (SSSR count). The van der Waals surface area contributed by atoms with Gasteiger partial charge in [-0.15, -0.1) is 0 Å². The summed E-state index contributed by atoms with van der Waals surface area (Å²) in [6, 6.07) is 0. The molecule has 1 fully saturated rings. The molecular formula is C9H12O. The zero-order valence-electron chi connectivity index (χ0n) is 6.21. The Morgan fingerprint density at radius 1 is 1.60 bits per heavy atom. The molecule has 54 valence electrons. The predicted molar refractivity (Wildman–Crippen MR) is 39.5 cm³/mol. The molecule has 0 saturated heterocycles. The minimum atomic E-state index is -0.0145. The van der Waals surface area contributed by atoms with Gasteiger partial charge in [0.25, 0.3) is 0 Å². The van der Waals surface area contributed by atoms with Gasteiger partial charge in [0.1, 0.15) is 6.29 Å². The second-order valence-corrected chi connectivity index (χ2v) is 3.81. The van der Waals surface area contributed by atoms with Crippen molar-refractivity contribution in [2.24, 2.45) is 17.3 Å². The van der Waals surface area contributed by atoms with Gasteiger partial charge in [0.15, 0.2) is 0 Å². The number of hydrogen-bond donors (Lipinski definition) is 0. The van der Waals surface area contributed by atoms with Crippen molar-refractivity contribution in [3.63, 3.8) is 0 Å². The van der Waals surface area contributed by atoms with Crippen molar-refractivity contribution in [1.29, 1.82) is 0 Å². The van der Waals surface area contributed by atoms with Crippen LogP contribution in [0.25, 0.3) is 0 Å². The Balaban J connectivity index is 2.30. The number of carbonyl (C=O) groups excluding carboxylic acids is 1. The largest absolute Gasteiger partial charge is 0.303 e. The molecule has 0 heterocycles. The van der Waals surface area contributed by atoms with Crippen LogP contribution < -0.4 is 0 Å². The first-order valence-electron chi connectivity index (χ1n) is 3.89. The Hall–Kier alpha value is -0.590. The predicted octanol–water partition coefficient (Wildman–Crippen LogP) is 1.79. The Kier molecular flexibility index (Phi) is 1.05. The molecule has 2 bridgehead atoms. The van der Waals surface area contributed by atoms with Gasteiger partial charge in [0.2, 0.25) is 0 Å². The Bertz CT molecular complexity index is 195. The van der Waals surface area contributed by atoms with Crippen molar-refractivity contribution in [1.82, 2.24) is 0 Å². The van der Waals surface area contributed by atoms with Crippen LogP contribution in [0.15, 0.2) is 12.2 Å². The fourth-order valence-corrected chi connectivity index (χ4v) is 2.27. The molecule has 0 aromatic rings. The van der Waals surface area contributed by atoms with E-state index in [1.54, 1.807) is 0 Å². The third kappa shape index (κ3) is 0.606. The lowest BCUT2D eigenvalue weighted by atomic mass is 9.79. The molecule has 1 heteroatoms. The maximum atomic E-state index is 10.7. The second-order valence-electron chi connectivity index (χ2n) is 3.81. The van der Waals surface area contributed by atoms with Crippen molar-refractivity contribution >= 4 is 6.29 Å². The molecule has 0 aromatic carbocycles. The van der Waals surface area contributed by atoms with E-state index < -0.39 is 0 Å². The van der Waals surface area contributed by atoms with Crippen LogP contribution in [-0.4, -0.2) is 6.29 Å². The van der Waals surface area contributed by atoms with E-state index in [1.165, 1.54) is 6.42 Å². The van der Waals surface area contributed by atoms with Gasteiger partial charge in [-0.05, 0) is 24.7 Å². The highest BCUT2D eigenvalue weighted by atomic mass is 16.1. The summed E-state index contributed by atoms with van der Waals surface area (Å²) in [5, 5.41) is 0. The average molecular weight is 136 g/mol. The van der Waals surface area contributed by atoms with Crippen LogP contribution >= 0.6 is 0 Å². The van der Waals surface area contributed by atoms with Crippen molar-refractivity contribution in [2.45, 2.75) is 19.8 Å². The second kappa shape index (κ2) is 1.71. The normalized spacial score (nSPS) is 50.1. The molecule has 1 nitrogen and oxygen atoms in total. The molecule has 3 atom stereocenters. The molecule has 0 aromatic heterocycles. The third-order valence-electron chi connectivity index (χ3n) is 2.99. The SMILES string of the molecule is C[C@]1(C=O)CC2C=C[C@H]1C2. The van der Waals surface area contributed by atoms with Crippen LogP contribution in [0.3, 0.4) is 0 Å². The van der Waals surface area contributed by atoms with Gasteiger partial charge in [-0.3, -0.25) is 0 Å². The van der Waals surface area contributed by atoms with Gasteiger partial charge in [-0.2, -0.15) is 0 Å². The first-order chi connectivity index (χ1) is 4.74. The van der Waals surface area contributed by atoms with Gasteiger partial charge >= 0.3 is 0 Å². The highest BCUT2D eigenvalue weighted by molar-refractivity contribution is 5.61. The monoisotopic (exact) mass is 136 g/mol. The fourth-order valence-electron chi connectivity index (χ4n) is 2.27. The standard InChI is InChI=1S/C9H12O/c1-9(6-10)5-7-2-3-8(9)4-7/h2-3,6-8H,4-5H2,1H3/t7?,8-,9+/m0/s1. The molecule has 1 saturated carbocycles. The summed E-state index contributed by atoms with van der Waals surface area (Å²) in [6.45, 7) is 2.08. The van der Waals surface area contributed by atoms with Gasteiger partial charge < -0.3 is 4.79 Å². The number of aldehydes is 1. The van der Waals surface area contributed by atoms with E-state index in [1.807, 2.05) is 0 Å². The summed E-state index contributed by atoms with van der Waals surface area (Å²) in [4.78, 5) is 10.7. The van der Waals surface area contributed by atoms with E-state index in [0.29, 0.717) is 11.8 Å². The van der Waals surface area contributed by atoms with Crippen molar-refractivity contribution < 1.29 is 4.79 Å². The van der Waals surface area contributed by atoms with Crippen LogP contribution in [0.5, 0.6) is 0 Å². The van der Waals surface area contributed by atoms with Gasteiger partial charge in [0, 0.05) is 5.41 Å². The van der Waals surface area contributed by atoms with E-state index in [2.05, 4.69) is 19.1 Å². The summed E-state index contributed by atoms with van der Waals surface area (Å²) in [6.07, 6.45) is 7.91. The smallest absolute Gasteiger partial charge is 0.126 e. The van der Waals surface area contributed by atoms with E-state index >= 15 is 0 Å². The quantitative estimate of drug-likeness (QED) is 0.396. The average Bonchev–Trinajstić information content (AvgIpc) is 2.46. The zero-order valence-corrected chi connectivity index (χ0v) is 6.21. The van der Waals surface area contributed by atoms with E-state index in [-0.39, 0.29) is 5.41 Å². The number of fused-ring (bicyclic) bond motifs is 2. The molecule has 0 N–H and O–H groups in total. The lowest BCUT2D eigenvalue weighted by molar-refractivity contribution is -0.116. The van der Waals surface area contributed by atoms with Gasteiger partial charge in [-0.25, -0.2) is 0 Å². The molecule has 2 aliphatic rings. The molecule has 0 aliphatic heterocycles. The maximum absolute atomic E-state index is 10.7. The Morgan fingerprint density at radius 2 is 2.40 bits per heavy atom. The lowest BCUT2D eigenvalue weighted by Crippen LogP contribution is -2.22. The summed E-state index contributed by atoms with van der Waals surface area (Å²) < 4.78 is 0. The minimum absolute atomic E-state index is 0.0145. The minimum Gasteiger partial charge on any atom is -0.303 e. The van der Waals surface area contributed by atoms with Gasteiger partial charge in [-0.1, -0.05) is 19.1 Å². The Labute approximate surface area is 61.1 Å². The molecule has 0 spiro atoms. The molecule has 0 radical (unpaired) electrons. The summed E-state index contributed by atoms with van der Waals surface area (Å²) in [7, 11) is 0. The molecular weight excluding hydrogens is 124 g/mol. The highest BCUT2D eigenvalue weighted by Gasteiger charge is 2.44. The Morgan fingerprint density at radius 3 is 2.70 bits per heavy atom. The zero-order chi connectivity index (χ0) is 7.19. The summed E-state index contributed by atoms with van der Waals surface area (Å²) >= 11 is 0. The lowest BCUT2D eigenvalue weighted by Gasteiger charge is -2.23. The van der Waals surface area contributed by atoms with Crippen molar-refractivity contribution in [3.8, 4) is 0 Å². The van der Waals surface area contributed by atoms with Crippen LogP contribution in [0.4, 0.5) is 0 Å². The van der Waals surface area contributed by atoms with Crippen molar-refractivity contribution in [2.75, 3.05) is 0 Å². The summed E-state index contributed by atoms with van der Waals surface area (Å²) in [5.74, 6) is 1.26. The number of hydrogen-bond acceptors (Lipinski definition) is 1. The first-order valence-corrected chi connectivity index (χ1v) is 3.89. The number of allylic oxidation sites excluding steroid dienone is 2. The maximum Gasteiger partial charge on any atom is 0.126 e. The molecule has 0 amide bonds. The first kappa shape index (κ1) is 6.14. The molecule has 1 unspecified atom stereocenters. The number of carbonyl (C=O) groups is 1. The third-order valence-corrected chi connectivity index (χ3v) is 2.99. The van der Waals surface area contributed by atoms with Crippen LogP contribution in [0.1, 0.15) is 19.8 Å². The molecule has 10 heavy (non-hydrogen) atoms. The van der Waals surface area contributed by atoms with E-state index in [0.717, 1.165) is 12.7 Å². The highest BCUT2D eigenvalue weighted by Crippen LogP contribution is 2.50. The fraction of sp³-hybridized carbons (Fsp3) is 0.667. The van der Waals surface area contributed by atoms with E-state index in [9.17, 15) is 4.79 Å². The van der Waals surface area contributed by atoms with Gasteiger partial charge in [0.05, 0.1) is 0 Å². The van der Waals surface area contributed by atoms with Crippen LogP contribution in [0.2, 0.25) is 0 Å².